The van der Waals surface area contributed by atoms with Gasteiger partial charge >= 0.3 is 0 Å². The lowest BCUT2D eigenvalue weighted by atomic mass is 9.95. The van der Waals surface area contributed by atoms with E-state index in [1.165, 1.54) is 12.1 Å². The summed E-state index contributed by atoms with van der Waals surface area (Å²) in [6.45, 7) is 4.13. The Morgan fingerprint density at radius 2 is 1.97 bits per heavy atom. The molecule has 0 saturated heterocycles. The van der Waals surface area contributed by atoms with E-state index in [0.29, 0.717) is 28.6 Å². The van der Waals surface area contributed by atoms with Crippen molar-refractivity contribution in [2.24, 2.45) is 5.73 Å². The standard InChI is InChI=1S/C24H18FN3O2/c1-2-20(29)28-10-9-13-7-8-14(11-19(13)28)21-17(25)12-16(24(26)30)23-22(21)15-5-3-4-6-18(15)27-23/h2-8,11-12,27H,1,9-10H2,(H2,26,30). The maximum absolute atomic E-state index is 15.4. The van der Waals surface area contributed by atoms with Crippen molar-refractivity contribution in [3.63, 3.8) is 0 Å². The lowest BCUT2D eigenvalue weighted by molar-refractivity contribution is -0.114. The molecule has 3 N–H and O–H groups in total. The highest BCUT2D eigenvalue weighted by molar-refractivity contribution is 6.20. The normalized spacial score (nSPS) is 13.0. The molecule has 2 amide bonds. The molecule has 4 aromatic rings. The minimum absolute atomic E-state index is 0.104. The summed E-state index contributed by atoms with van der Waals surface area (Å²) in [5.41, 5.74) is 9.68. The smallest absolute Gasteiger partial charge is 0.250 e. The van der Waals surface area contributed by atoms with Crippen molar-refractivity contribution in [2.75, 3.05) is 11.4 Å². The monoisotopic (exact) mass is 399 g/mol. The second-order valence-corrected chi connectivity index (χ2v) is 7.35. The fraction of sp³-hybridized carbons (Fsp3) is 0.0833. The lowest BCUT2D eigenvalue weighted by Crippen LogP contribution is -2.26. The topological polar surface area (TPSA) is 79.2 Å². The molecule has 148 valence electrons. The molecular formula is C24H18FN3O2. The quantitative estimate of drug-likeness (QED) is 0.504. The predicted octanol–water partition coefficient (Wildman–Crippen LogP) is 4.30. The molecule has 1 aliphatic heterocycles. The van der Waals surface area contributed by atoms with Crippen molar-refractivity contribution in [1.29, 1.82) is 0 Å². The summed E-state index contributed by atoms with van der Waals surface area (Å²) in [4.78, 5) is 29.1. The predicted molar refractivity (Wildman–Crippen MR) is 116 cm³/mol. The maximum Gasteiger partial charge on any atom is 0.250 e. The highest BCUT2D eigenvalue weighted by Crippen LogP contribution is 2.41. The molecule has 0 spiro atoms. The fourth-order valence-electron chi connectivity index (χ4n) is 4.34. The summed E-state index contributed by atoms with van der Waals surface area (Å²) >= 11 is 0. The van der Waals surface area contributed by atoms with Crippen LogP contribution in [0.2, 0.25) is 0 Å². The van der Waals surface area contributed by atoms with Gasteiger partial charge in [0.1, 0.15) is 5.82 Å². The van der Waals surface area contributed by atoms with Crippen molar-refractivity contribution in [3.05, 3.63) is 78.1 Å². The minimum Gasteiger partial charge on any atom is -0.366 e. The number of nitrogens with one attached hydrogen (secondary N) is 1. The Labute approximate surface area is 171 Å². The first-order valence-corrected chi connectivity index (χ1v) is 9.59. The van der Waals surface area contributed by atoms with Gasteiger partial charge in [-0.2, -0.15) is 0 Å². The van der Waals surface area contributed by atoms with E-state index >= 15 is 4.39 Å². The number of halogens is 1. The number of benzene rings is 3. The number of rotatable bonds is 3. The van der Waals surface area contributed by atoms with Crippen molar-refractivity contribution in [1.82, 2.24) is 4.98 Å². The largest absolute Gasteiger partial charge is 0.366 e. The van der Waals surface area contributed by atoms with Crippen LogP contribution in [-0.4, -0.2) is 23.3 Å². The van der Waals surface area contributed by atoms with E-state index in [-0.39, 0.29) is 11.5 Å². The Kier molecular flexibility index (Phi) is 3.96. The zero-order valence-electron chi connectivity index (χ0n) is 16.0. The van der Waals surface area contributed by atoms with Crippen LogP contribution in [0.4, 0.5) is 10.1 Å². The molecule has 5 nitrogen and oxygen atoms in total. The Bertz CT molecular complexity index is 1390. The van der Waals surface area contributed by atoms with Crippen LogP contribution in [0.5, 0.6) is 0 Å². The van der Waals surface area contributed by atoms with Crippen LogP contribution in [0.25, 0.3) is 32.9 Å². The van der Waals surface area contributed by atoms with Crippen LogP contribution >= 0.6 is 0 Å². The second-order valence-electron chi connectivity index (χ2n) is 7.35. The van der Waals surface area contributed by atoms with E-state index in [4.69, 9.17) is 5.73 Å². The van der Waals surface area contributed by atoms with Crippen LogP contribution in [-0.2, 0) is 11.2 Å². The second kappa shape index (κ2) is 6.56. The molecule has 6 heteroatoms. The summed E-state index contributed by atoms with van der Waals surface area (Å²) in [6.07, 6.45) is 2.02. The van der Waals surface area contributed by atoms with E-state index in [1.807, 2.05) is 42.5 Å². The summed E-state index contributed by atoms with van der Waals surface area (Å²) in [6, 6.07) is 14.3. The summed E-state index contributed by atoms with van der Waals surface area (Å²) < 4.78 is 15.4. The Morgan fingerprint density at radius 3 is 2.73 bits per heavy atom. The first-order valence-electron chi connectivity index (χ1n) is 9.59. The van der Waals surface area contributed by atoms with Crippen LogP contribution in [0.15, 0.2) is 61.2 Å². The molecule has 5 rings (SSSR count). The SMILES string of the molecule is C=CC(=O)N1CCc2ccc(-c3c(F)cc(C(N)=O)c4[nH]c5ccccc5c34)cc21. The number of anilines is 1. The molecule has 0 radical (unpaired) electrons. The van der Waals surface area contributed by atoms with Gasteiger partial charge in [0, 0.05) is 34.1 Å². The molecule has 0 fully saturated rings. The first-order chi connectivity index (χ1) is 14.5. The number of H-pyrrole nitrogens is 1. The van der Waals surface area contributed by atoms with Crippen LogP contribution in [0.1, 0.15) is 15.9 Å². The molecular weight excluding hydrogens is 381 g/mol. The summed E-state index contributed by atoms with van der Waals surface area (Å²) in [5, 5.41) is 1.39. The Morgan fingerprint density at radius 1 is 1.17 bits per heavy atom. The van der Waals surface area contributed by atoms with Crippen LogP contribution < -0.4 is 10.6 Å². The van der Waals surface area contributed by atoms with Gasteiger partial charge in [-0.05, 0) is 41.8 Å². The van der Waals surface area contributed by atoms with Crippen molar-refractivity contribution >= 4 is 39.3 Å². The molecule has 2 heterocycles. The maximum atomic E-state index is 15.4. The molecule has 0 atom stereocenters. The third-order valence-electron chi connectivity index (χ3n) is 5.71. The fourth-order valence-corrected chi connectivity index (χ4v) is 4.34. The van der Waals surface area contributed by atoms with Crippen molar-refractivity contribution in [2.45, 2.75) is 6.42 Å². The van der Waals surface area contributed by atoms with Gasteiger partial charge in [0.05, 0.1) is 11.1 Å². The number of fused-ring (bicyclic) bond motifs is 4. The highest BCUT2D eigenvalue weighted by atomic mass is 19.1. The third-order valence-corrected chi connectivity index (χ3v) is 5.71. The van der Waals surface area contributed by atoms with Gasteiger partial charge in [-0.3, -0.25) is 9.59 Å². The van der Waals surface area contributed by atoms with E-state index in [2.05, 4.69) is 11.6 Å². The lowest BCUT2D eigenvalue weighted by Gasteiger charge is -2.17. The number of aromatic nitrogens is 1. The molecule has 30 heavy (non-hydrogen) atoms. The molecule has 1 aliphatic rings. The summed E-state index contributed by atoms with van der Waals surface area (Å²) in [5.74, 6) is -1.43. The van der Waals surface area contributed by atoms with Gasteiger partial charge in [-0.15, -0.1) is 0 Å². The first kappa shape index (κ1) is 18.1. The number of amides is 2. The van der Waals surface area contributed by atoms with E-state index in [1.54, 1.807) is 4.90 Å². The minimum atomic E-state index is -0.700. The number of carbonyl (C=O) groups is 2. The number of hydrogen-bond acceptors (Lipinski definition) is 2. The molecule has 0 bridgehead atoms. The number of primary amides is 1. The Balaban J connectivity index is 1.83. The number of hydrogen-bond donors (Lipinski definition) is 2. The van der Waals surface area contributed by atoms with Crippen molar-refractivity contribution < 1.29 is 14.0 Å². The zero-order chi connectivity index (χ0) is 21.0. The van der Waals surface area contributed by atoms with Crippen molar-refractivity contribution in [3.8, 4) is 11.1 Å². The van der Waals surface area contributed by atoms with Crippen LogP contribution in [0.3, 0.4) is 0 Å². The number of nitrogens with two attached hydrogens (primary N) is 1. The molecule has 3 aromatic carbocycles. The van der Waals surface area contributed by atoms with Gasteiger partial charge in [0.25, 0.3) is 5.91 Å². The number of para-hydroxylation sites is 1. The third kappa shape index (κ3) is 2.54. The Hall–Kier alpha value is -3.93. The van der Waals surface area contributed by atoms with Gasteiger partial charge in [-0.1, -0.05) is 36.9 Å². The molecule has 1 aromatic heterocycles. The van der Waals surface area contributed by atoms with Crippen LogP contribution in [0, 0.1) is 5.82 Å². The zero-order valence-corrected chi connectivity index (χ0v) is 16.0. The van der Waals surface area contributed by atoms with Gasteiger partial charge in [0.2, 0.25) is 5.91 Å². The number of aromatic amines is 1. The average molecular weight is 399 g/mol. The van der Waals surface area contributed by atoms with E-state index < -0.39 is 11.7 Å². The number of carbonyl (C=O) groups excluding carboxylic acids is 2. The van der Waals surface area contributed by atoms with Gasteiger partial charge in [-0.25, -0.2) is 4.39 Å². The molecule has 0 saturated carbocycles. The van der Waals surface area contributed by atoms with E-state index in [9.17, 15) is 9.59 Å². The van der Waals surface area contributed by atoms with E-state index in [0.717, 1.165) is 28.6 Å². The highest BCUT2D eigenvalue weighted by Gasteiger charge is 2.26. The van der Waals surface area contributed by atoms with Gasteiger partial charge in [0.15, 0.2) is 0 Å². The summed E-state index contributed by atoms with van der Waals surface area (Å²) in [7, 11) is 0. The average Bonchev–Trinajstić information content (AvgIpc) is 3.34. The molecule has 0 unspecified atom stereocenters. The van der Waals surface area contributed by atoms with Gasteiger partial charge < -0.3 is 15.6 Å². The number of nitrogens with zero attached hydrogens (tertiary/aromatic N) is 1. The molecule has 0 aliphatic carbocycles.